The van der Waals surface area contributed by atoms with Gasteiger partial charge in [-0.1, -0.05) is 22.9 Å². The zero-order valence-electron chi connectivity index (χ0n) is 9.22. The Morgan fingerprint density at radius 3 is 2.82 bits per heavy atom. The van der Waals surface area contributed by atoms with Gasteiger partial charge in [-0.25, -0.2) is 0 Å². The molecule has 0 radical (unpaired) electrons. The van der Waals surface area contributed by atoms with E-state index in [1.54, 1.807) is 0 Å². The quantitative estimate of drug-likeness (QED) is 0.668. The number of H-pyrrole nitrogens is 1. The Bertz CT molecular complexity index is 716. The van der Waals surface area contributed by atoms with E-state index in [1.807, 2.05) is 12.4 Å². The van der Waals surface area contributed by atoms with Crippen LogP contribution in [-0.4, -0.2) is 9.97 Å². The van der Waals surface area contributed by atoms with Crippen LogP contribution in [-0.2, 0) is 6.42 Å². The summed E-state index contributed by atoms with van der Waals surface area (Å²) in [5.41, 5.74) is 3.50. The topological polar surface area (TPSA) is 28.7 Å². The third-order valence-electron chi connectivity index (χ3n) is 2.99. The molecular formula is C13H10Br2N2. The second-order valence-corrected chi connectivity index (χ2v) is 5.78. The lowest BCUT2D eigenvalue weighted by atomic mass is 10.1. The van der Waals surface area contributed by atoms with Crippen molar-refractivity contribution in [3.05, 3.63) is 39.0 Å². The summed E-state index contributed by atoms with van der Waals surface area (Å²) in [6.45, 7) is 2.16. The molecule has 86 valence electrons. The van der Waals surface area contributed by atoms with E-state index in [9.17, 15) is 0 Å². The summed E-state index contributed by atoms with van der Waals surface area (Å²) >= 11 is 7.13. The molecule has 3 rings (SSSR count). The lowest BCUT2D eigenvalue weighted by molar-refractivity contribution is 1.13. The van der Waals surface area contributed by atoms with E-state index >= 15 is 0 Å². The first-order chi connectivity index (χ1) is 8.20. The lowest BCUT2D eigenvalue weighted by Crippen LogP contribution is -1.83. The van der Waals surface area contributed by atoms with E-state index < -0.39 is 0 Å². The van der Waals surface area contributed by atoms with Crippen molar-refractivity contribution in [3.8, 4) is 0 Å². The summed E-state index contributed by atoms with van der Waals surface area (Å²) in [7, 11) is 0. The summed E-state index contributed by atoms with van der Waals surface area (Å²) in [6.07, 6.45) is 4.82. The van der Waals surface area contributed by atoms with E-state index in [1.165, 1.54) is 16.3 Å². The van der Waals surface area contributed by atoms with E-state index in [-0.39, 0.29) is 0 Å². The molecule has 4 heteroatoms. The van der Waals surface area contributed by atoms with Crippen LogP contribution in [0.5, 0.6) is 0 Å². The van der Waals surface area contributed by atoms with Gasteiger partial charge < -0.3 is 4.98 Å². The maximum atomic E-state index is 4.27. The molecule has 0 amide bonds. The second kappa shape index (κ2) is 4.10. The number of benzene rings is 1. The molecule has 2 aromatic heterocycles. The van der Waals surface area contributed by atoms with Gasteiger partial charge in [0.2, 0.25) is 0 Å². The molecule has 0 bridgehead atoms. The van der Waals surface area contributed by atoms with E-state index in [2.05, 4.69) is 60.9 Å². The molecule has 0 aliphatic carbocycles. The Balaban J connectivity index is 2.57. The van der Waals surface area contributed by atoms with Gasteiger partial charge in [0.25, 0.3) is 0 Å². The molecule has 0 fully saturated rings. The zero-order valence-corrected chi connectivity index (χ0v) is 12.4. The van der Waals surface area contributed by atoms with Crippen molar-refractivity contribution < 1.29 is 0 Å². The fourth-order valence-corrected chi connectivity index (χ4v) is 3.54. The number of halogens is 2. The molecule has 1 N–H and O–H groups in total. The monoisotopic (exact) mass is 352 g/mol. The van der Waals surface area contributed by atoms with Crippen molar-refractivity contribution in [3.63, 3.8) is 0 Å². The Hall–Kier alpha value is -0.870. The summed E-state index contributed by atoms with van der Waals surface area (Å²) < 4.78 is 2.15. The average molecular weight is 354 g/mol. The normalized spacial score (nSPS) is 11.5. The van der Waals surface area contributed by atoms with Crippen LogP contribution in [0, 0.1) is 0 Å². The number of nitrogens with zero attached hydrogens (tertiary/aromatic N) is 1. The Morgan fingerprint density at radius 2 is 2.06 bits per heavy atom. The first kappa shape index (κ1) is 11.2. The standard InChI is InChI=1S/C13H10Br2N2/c1-2-7-5-16-6-11-12(7)9-3-8(14)4-10(15)13(9)17-11/h3-6,17H,2H2,1H3. The first-order valence-corrected chi connectivity index (χ1v) is 7.02. The summed E-state index contributed by atoms with van der Waals surface area (Å²) in [6, 6.07) is 4.20. The van der Waals surface area contributed by atoms with Crippen LogP contribution in [0.25, 0.3) is 21.8 Å². The Labute approximate surface area is 116 Å². The minimum Gasteiger partial charge on any atom is -0.352 e. The molecule has 0 atom stereocenters. The second-order valence-electron chi connectivity index (χ2n) is 4.01. The summed E-state index contributed by atoms with van der Waals surface area (Å²) in [5, 5.41) is 2.51. The number of aromatic amines is 1. The highest BCUT2D eigenvalue weighted by molar-refractivity contribution is 9.11. The minimum atomic E-state index is 0.988. The largest absolute Gasteiger partial charge is 0.352 e. The molecule has 0 spiro atoms. The van der Waals surface area contributed by atoms with E-state index in [0.717, 1.165) is 26.4 Å². The predicted molar refractivity (Wildman–Crippen MR) is 78.4 cm³/mol. The van der Waals surface area contributed by atoms with Crippen LogP contribution in [0.15, 0.2) is 33.5 Å². The van der Waals surface area contributed by atoms with Gasteiger partial charge >= 0.3 is 0 Å². The highest BCUT2D eigenvalue weighted by Crippen LogP contribution is 2.34. The average Bonchev–Trinajstić information content (AvgIpc) is 2.68. The Morgan fingerprint density at radius 1 is 1.24 bits per heavy atom. The van der Waals surface area contributed by atoms with Crippen molar-refractivity contribution in [2.45, 2.75) is 13.3 Å². The third kappa shape index (κ3) is 1.70. The number of fused-ring (bicyclic) bond motifs is 3. The number of hydrogen-bond acceptors (Lipinski definition) is 1. The van der Waals surface area contributed by atoms with Gasteiger partial charge in [-0.3, -0.25) is 4.98 Å². The lowest BCUT2D eigenvalue weighted by Gasteiger charge is -2.00. The number of aryl methyl sites for hydroxylation is 1. The van der Waals surface area contributed by atoms with E-state index in [0.29, 0.717) is 0 Å². The van der Waals surface area contributed by atoms with Crippen LogP contribution in [0.4, 0.5) is 0 Å². The maximum absolute atomic E-state index is 4.27. The fourth-order valence-electron chi connectivity index (χ4n) is 2.22. The van der Waals surface area contributed by atoms with E-state index in [4.69, 9.17) is 0 Å². The number of aromatic nitrogens is 2. The van der Waals surface area contributed by atoms with Crippen LogP contribution >= 0.6 is 31.9 Å². The van der Waals surface area contributed by atoms with Crippen molar-refractivity contribution in [1.29, 1.82) is 0 Å². The molecule has 0 saturated carbocycles. The maximum Gasteiger partial charge on any atom is 0.0654 e. The molecule has 0 aliphatic heterocycles. The molecule has 0 unspecified atom stereocenters. The van der Waals surface area contributed by atoms with Crippen molar-refractivity contribution in [2.24, 2.45) is 0 Å². The molecule has 0 saturated heterocycles. The smallest absolute Gasteiger partial charge is 0.0654 e. The van der Waals surface area contributed by atoms with Crippen LogP contribution in [0.1, 0.15) is 12.5 Å². The molecule has 1 aromatic carbocycles. The van der Waals surface area contributed by atoms with Crippen LogP contribution in [0.3, 0.4) is 0 Å². The Kier molecular flexibility index (Phi) is 2.71. The van der Waals surface area contributed by atoms with Gasteiger partial charge in [0.1, 0.15) is 0 Å². The minimum absolute atomic E-state index is 0.988. The van der Waals surface area contributed by atoms with Crippen molar-refractivity contribution in [2.75, 3.05) is 0 Å². The zero-order chi connectivity index (χ0) is 12.0. The summed E-state index contributed by atoms with van der Waals surface area (Å²) in [5.74, 6) is 0. The predicted octanol–water partition coefficient (Wildman–Crippen LogP) is 4.80. The summed E-state index contributed by atoms with van der Waals surface area (Å²) in [4.78, 5) is 7.69. The van der Waals surface area contributed by atoms with Gasteiger partial charge in [-0.15, -0.1) is 0 Å². The van der Waals surface area contributed by atoms with Gasteiger partial charge in [0.05, 0.1) is 17.2 Å². The number of rotatable bonds is 1. The molecular weight excluding hydrogens is 344 g/mol. The highest BCUT2D eigenvalue weighted by atomic mass is 79.9. The first-order valence-electron chi connectivity index (χ1n) is 5.44. The molecule has 2 heterocycles. The number of nitrogens with one attached hydrogen (secondary N) is 1. The molecule has 17 heavy (non-hydrogen) atoms. The van der Waals surface area contributed by atoms with Gasteiger partial charge in [0, 0.05) is 25.9 Å². The number of hydrogen-bond donors (Lipinski definition) is 1. The fraction of sp³-hybridized carbons (Fsp3) is 0.154. The molecule has 0 aliphatic rings. The molecule has 2 nitrogen and oxygen atoms in total. The van der Waals surface area contributed by atoms with Gasteiger partial charge in [-0.05, 0) is 40.0 Å². The SMILES string of the molecule is CCc1cncc2[nH]c3c(Br)cc(Br)cc3c12. The van der Waals surface area contributed by atoms with Crippen LogP contribution in [0.2, 0.25) is 0 Å². The highest BCUT2D eigenvalue weighted by Gasteiger charge is 2.11. The van der Waals surface area contributed by atoms with Gasteiger partial charge in [-0.2, -0.15) is 0 Å². The number of pyridine rings is 1. The van der Waals surface area contributed by atoms with Crippen molar-refractivity contribution >= 4 is 53.7 Å². The van der Waals surface area contributed by atoms with Crippen LogP contribution < -0.4 is 0 Å². The molecule has 3 aromatic rings. The third-order valence-corrected chi connectivity index (χ3v) is 4.07. The van der Waals surface area contributed by atoms with Gasteiger partial charge in [0.15, 0.2) is 0 Å². The van der Waals surface area contributed by atoms with Crippen molar-refractivity contribution in [1.82, 2.24) is 9.97 Å².